The maximum atomic E-state index is 13.2. The molecule has 6 heteroatoms. The Bertz CT molecular complexity index is 1210. The molecule has 1 N–H and O–H groups in total. The molecular weight excluding hydrogens is 466 g/mol. The van der Waals surface area contributed by atoms with Gasteiger partial charge in [0, 0.05) is 28.3 Å². The molecule has 34 heavy (non-hydrogen) atoms. The number of amides is 1. The van der Waals surface area contributed by atoms with Crippen LogP contribution in [0.1, 0.15) is 40.7 Å². The van der Waals surface area contributed by atoms with Crippen molar-refractivity contribution in [2.45, 2.75) is 19.3 Å². The van der Waals surface area contributed by atoms with Crippen LogP contribution in [-0.2, 0) is 9.53 Å². The van der Waals surface area contributed by atoms with E-state index in [1.165, 1.54) is 11.3 Å². The van der Waals surface area contributed by atoms with Crippen molar-refractivity contribution in [2.75, 3.05) is 11.9 Å². The van der Waals surface area contributed by atoms with E-state index < -0.39 is 5.97 Å². The number of carbonyl (C=O) groups excluding carboxylic acids is 2. The summed E-state index contributed by atoms with van der Waals surface area (Å²) in [5, 5.41) is 5.92. The van der Waals surface area contributed by atoms with Crippen molar-refractivity contribution < 1.29 is 14.3 Å². The number of rotatable bonds is 8. The molecule has 0 saturated heterocycles. The quantitative estimate of drug-likeness (QED) is 0.262. The zero-order valence-electron chi connectivity index (χ0n) is 18.7. The van der Waals surface area contributed by atoms with Crippen LogP contribution >= 0.6 is 22.9 Å². The molecular formula is C28H24ClNO3S. The monoisotopic (exact) mass is 489 g/mol. The summed E-state index contributed by atoms with van der Waals surface area (Å²) >= 11 is 7.34. The van der Waals surface area contributed by atoms with Crippen LogP contribution in [0, 0.1) is 0 Å². The van der Waals surface area contributed by atoms with Gasteiger partial charge in [0.1, 0.15) is 10.6 Å². The molecule has 0 aliphatic heterocycles. The highest BCUT2D eigenvalue weighted by atomic mass is 35.5. The van der Waals surface area contributed by atoms with E-state index >= 15 is 0 Å². The highest BCUT2D eigenvalue weighted by Gasteiger charge is 2.24. The first-order valence-electron chi connectivity index (χ1n) is 11.0. The van der Waals surface area contributed by atoms with Gasteiger partial charge in [-0.15, -0.1) is 11.3 Å². The lowest BCUT2D eigenvalue weighted by Crippen LogP contribution is -2.18. The lowest BCUT2D eigenvalue weighted by Gasteiger charge is -2.18. The lowest BCUT2D eigenvalue weighted by molar-refractivity contribution is -0.116. The van der Waals surface area contributed by atoms with Gasteiger partial charge in [-0.25, -0.2) is 4.79 Å². The Kier molecular flexibility index (Phi) is 7.78. The van der Waals surface area contributed by atoms with Gasteiger partial charge in [0.15, 0.2) is 0 Å². The molecule has 0 unspecified atom stereocenters. The number of benzene rings is 3. The van der Waals surface area contributed by atoms with E-state index in [0.717, 1.165) is 16.7 Å². The molecule has 0 bridgehead atoms. The molecule has 1 aromatic heterocycles. The first kappa shape index (κ1) is 23.7. The molecule has 0 spiro atoms. The summed E-state index contributed by atoms with van der Waals surface area (Å²) in [5.41, 5.74) is 4.01. The summed E-state index contributed by atoms with van der Waals surface area (Å²) in [6, 6.07) is 27.1. The average Bonchev–Trinajstić information content (AvgIpc) is 3.27. The highest BCUT2D eigenvalue weighted by molar-refractivity contribution is 7.15. The van der Waals surface area contributed by atoms with E-state index in [-0.39, 0.29) is 24.9 Å². The summed E-state index contributed by atoms with van der Waals surface area (Å²) in [4.78, 5) is 26.1. The van der Waals surface area contributed by atoms with Crippen LogP contribution in [0.25, 0.3) is 11.1 Å². The zero-order valence-corrected chi connectivity index (χ0v) is 20.2. The minimum Gasteiger partial charge on any atom is -0.462 e. The maximum absolute atomic E-state index is 13.2. The van der Waals surface area contributed by atoms with Crippen LogP contribution in [0.15, 0.2) is 90.3 Å². The van der Waals surface area contributed by atoms with Gasteiger partial charge in [-0.1, -0.05) is 84.4 Å². The predicted octanol–water partition coefficient (Wildman–Crippen LogP) is 7.41. The Hall–Kier alpha value is -3.41. The minimum absolute atomic E-state index is 0.107. The van der Waals surface area contributed by atoms with Crippen molar-refractivity contribution in [3.63, 3.8) is 0 Å². The van der Waals surface area contributed by atoms with Crippen molar-refractivity contribution in [2.24, 2.45) is 0 Å². The number of nitrogens with one attached hydrogen (secondary N) is 1. The molecule has 0 atom stereocenters. The summed E-state index contributed by atoms with van der Waals surface area (Å²) in [5.74, 6) is -0.747. The van der Waals surface area contributed by atoms with Crippen LogP contribution in [0.2, 0.25) is 5.02 Å². The Morgan fingerprint density at radius 2 is 1.50 bits per heavy atom. The van der Waals surface area contributed by atoms with Gasteiger partial charge in [-0.05, 0) is 35.7 Å². The molecule has 4 aromatic rings. The molecule has 0 aliphatic carbocycles. The third-order valence-electron chi connectivity index (χ3n) is 5.47. The van der Waals surface area contributed by atoms with Crippen molar-refractivity contribution >= 4 is 39.8 Å². The fourth-order valence-corrected chi connectivity index (χ4v) is 4.96. The number of hydrogen-bond acceptors (Lipinski definition) is 4. The van der Waals surface area contributed by atoms with Crippen LogP contribution in [0.4, 0.5) is 5.00 Å². The number of carbonyl (C=O) groups is 2. The van der Waals surface area contributed by atoms with Crippen LogP contribution < -0.4 is 5.32 Å². The molecule has 1 heterocycles. The summed E-state index contributed by atoms with van der Waals surface area (Å²) in [7, 11) is 0. The number of ether oxygens (including phenoxy) is 1. The van der Waals surface area contributed by atoms with Gasteiger partial charge in [-0.3, -0.25) is 4.79 Å². The van der Waals surface area contributed by atoms with E-state index in [1.54, 1.807) is 19.1 Å². The molecule has 3 aromatic carbocycles. The highest BCUT2D eigenvalue weighted by Crippen LogP contribution is 2.37. The van der Waals surface area contributed by atoms with E-state index in [4.69, 9.17) is 16.3 Å². The smallest absolute Gasteiger partial charge is 0.341 e. The second kappa shape index (κ2) is 11.1. The molecule has 4 rings (SSSR count). The average molecular weight is 490 g/mol. The molecule has 0 fully saturated rings. The Labute approximate surface area is 208 Å². The SMILES string of the molecule is CCOC(=O)c1c(-c2ccc(Cl)cc2)csc1NC(=O)CC(c1ccccc1)c1ccccc1. The molecule has 0 saturated carbocycles. The normalized spacial score (nSPS) is 10.8. The maximum Gasteiger partial charge on any atom is 0.341 e. The van der Waals surface area contributed by atoms with Crippen molar-refractivity contribution in [3.05, 3.63) is 112 Å². The van der Waals surface area contributed by atoms with E-state index in [0.29, 0.717) is 21.2 Å². The number of thiophene rings is 1. The molecule has 1 amide bonds. The fraction of sp³-hybridized carbons (Fsp3) is 0.143. The number of halogens is 1. The number of anilines is 1. The topological polar surface area (TPSA) is 55.4 Å². The Morgan fingerprint density at radius 1 is 0.912 bits per heavy atom. The van der Waals surface area contributed by atoms with Crippen LogP contribution in [-0.4, -0.2) is 18.5 Å². The first-order chi connectivity index (χ1) is 16.6. The van der Waals surface area contributed by atoms with Gasteiger partial charge in [-0.2, -0.15) is 0 Å². The largest absolute Gasteiger partial charge is 0.462 e. The summed E-state index contributed by atoms with van der Waals surface area (Å²) in [6.45, 7) is 2.00. The van der Waals surface area contributed by atoms with Crippen molar-refractivity contribution in [3.8, 4) is 11.1 Å². The van der Waals surface area contributed by atoms with Crippen LogP contribution in [0.3, 0.4) is 0 Å². The van der Waals surface area contributed by atoms with Gasteiger partial charge >= 0.3 is 5.97 Å². The Morgan fingerprint density at radius 3 is 2.06 bits per heavy atom. The minimum atomic E-state index is -0.466. The third-order valence-corrected chi connectivity index (χ3v) is 6.62. The van der Waals surface area contributed by atoms with Gasteiger partial charge < -0.3 is 10.1 Å². The molecule has 172 valence electrons. The number of hydrogen-bond donors (Lipinski definition) is 1. The van der Waals surface area contributed by atoms with Crippen molar-refractivity contribution in [1.29, 1.82) is 0 Å². The lowest BCUT2D eigenvalue weighted by atomic mass is 9.88. The molecule has 0 aliphatic rings. The summed E-state index contributed by atoms with van der Waals surface area (Å²) < 4.78 is 5.30. The molecule has 0 radical (unpaired) electrons. The fourth-order valence-electron chi connectivity index (χ4n) is 3.86. The van der Waals surface area contributed by atoms with E-state index in [2.05, 4.69) is 5.32 Å². The molecule has 4 nitrogen and oxygen atoms in total. The second-order valence-corrected chi connectivity index (χ2v) is 9.02. The second-order valence-electron chi connectivity index (χ2n) is 7.71. The summed E-state index contributed by atoms with van der Waals surface area (Å²) in [6.07, 6.45) is 0.241. The number of esters is 1. The predicted molar refractivity (Wildman–Crippen MR) is 139 cm³/mol. The zero-order chi connectivity index (χ0) is 23.9. The Balaban J connectivity index is 1.63. The third kappa shape index (κ3) is 5.56. The van der Waals surface area contributed by atoms with Gasteiger partial charge in [0.05, 0.1) is 6.61 Å². The van der Waals surface area contributed by atoms with Crippen LogP contribution in [0.5, 0.6) is 0 Å². The standard InChI is InChI=1S/C28H24ClNO3S/c1-2-33-28(32)26-24(21-13-15-22(29)16-14-21)18-34-27(26)30-25(31)17-23(19-9-5-3-6-10-19)20-11-7-4-8-12-20/h3-16,18,23H,2,17H2,1H3,(H,30,31). The van der Waals surface area contributed by atoms with E-state index in [9.17, 15) is 9.59 Å². The first-order valence-corrected chi connectivity index (χ1v) is 12.3. The van der Waals surface area contributed by atoms with Gasteiger partial charge in [0.25, 0.3) is 0 Å². The van der Waals surface area contributed by atoms with E-state index in [1.807, 2.05) is 78.2 Å². The van der Waals surface area contributed by atoms with Crippen molar-refractivity contribution in [1.82, 2.24) is 0 Å². The van der Waals surface area contributed by atoms with Gasteiger partial charge in [0.2, 0.25) is 5.91 Å².